The molecule has 152 valence electrons. The Morgan fingerprint density at radius 1 is 1.14 bits per heavy atom. The highest BCUT2D eigenvalue weighted by Gasteiger charge is 2.32. The van der Waals surface area contributed by atoms with Crippen molar-refractivity contribution < 1.29 is 23.9 Å². The van der Waals surface area contributed by atoms with Gasteiger partial charge in [0.25, 0.3) is 5.91 Å². The summed E-state index contributed by atoms with van der Waals surface area (Å²) >= 11 is 0. The SMILES string of the molecule is CCCCc1ccc(NC(=O)COC(=O)CCCN2C(=O)CN(C)C2=O)cc1. The van der Waals surface area contributed by atoms with E-state index in [9.17, 15) is 19.2 Å². The minimum atomic E-state index is -0.544. The molecule has 1 aliphatic rings. The molecule has 0 aromatic heterocycles. The standard InChI is InChI=1S/C20H27N3O5/c1-3-4-6-15-8-10-16(11-9-15)21-17(24)14-28-19(26)7-5-12-23-18(25)13-22(2)20(23)27/h8-11H,3-7,12-14H2,1-2H3,(H,21,24). The number of unbranched alkanes of at least 4 members (excludes halogenated alkanes) is 1. The molecule has 2 rings (SSSR count). The summed E-state index contributed by atoms with van der Waals surface area (Å²) in [5.41, 5.74) is 1.86. The van der Waals surface area contributed by atoms with Gasteiger partial charge in [-0.25, -0.2) is 4.79 Å². The van der Waals surface area contributed by atoms with E-state index in [1.54, 1.807) is 7.05 Å². The molecule has 0 unspecified atom stereocenters. The summed E-state index contributed by atoms with van der Waals surface area (Å²) in [4.78, 5) is 49.4. The smallest absolute Gasteiger partial charge is 0.326 e. The van der Waals surface area contributed by atoms with Crippen molar-refractivity contribution in [2.75, 3.05) is 32.1 Å². The summed E-state index contributed by atoms with van der Waals surface area (Å²) in [5.74, 6) is -1.24. The molecule has 1 aromatic rings. The number of benzene rings is 1. The normalized spacial score (nSPS) is 13.8. The highest BCUT2D eigenvalue weighted by atomic mass is 16.5. The van der Waals surface area contributed by atoms with E-state index in [1.165, 1.54) is 10.5 Å². The van der Waals surface area contributed by atoms with Crippen molar-refractivity contribution in [2.24, 2.45) is 0 Å². The first-order chi connectivity index (χ1) is 13.4. The van der Waals surface area contributed by atoms with Crippen molar-refractivity contribution in [1.29, 1.82) is 0 Å². The van der Waals surface area contributed by atoms with Crippen LogP contribution < -0.4 is 5.32 Å². The van der Waals surface area contributed by atoms with E-state index in [1.807, 2.05) is 24.3 Å². The van der Waals surface area contributed by atoms with Crippen LogP contribution in [0, 0.1) is 0 Å². The molecule has 1 saturated heterocycles. The number of esters is 1. The lowest BCUT2D eigenvalue weighted by molar-refractivity contribution is -0.147. The van der Waals surface area contributed by atoms with E-state index >= 15 is 0 Å². The summed E-state index contributed by atoms with van der Waals surface area (Å²) < 4.78 is 4.94. The fourth-order valence-corrected chi connectivity index (χ4v) is 2.82. The Bertz CT molecular complexity index is 717. The Morgan fingerprint density at radius 2 is 1.86 bits per heavy atom. The number of hydrogen-bond acceptors (Lipinski definition) is 5. The second kappa shape index (κ2) is 10.4. The van der Waals surface area contributed by atoms with Gasteiger partial charge in [-0.1, -0.05) is 25.5 Å². The maximum atomic E-state index is 11.9. The van der Waals surface area contributed by atoms with Crippen LogP contribution in [0.15, 0.2) is 24.3 Å². The van der Waals surface area contributed by atoms with Gasteiger partial charge in [-0.2, -0.15) is 0 Å². The van der Waals surface area contributed by atoms with Crippen LogP contribution in [0.1, 0.15) is 38.2 Å². The Kier molecular flexibility index (Phi) is 7.98. The van der Waals surface area contributed by atoms with Gasteiger partial charge < -0.3 is 15.0 Å². The quantitative estimate of drug-likeness (QED) is 0.489. The largest absolute Gasteiger partial charge is 0.456 e. The van der Waals surface area contributed by atoms with Gasteiger partial charge >= 0.3 is 12.0 Å². The highest BCUT2D eigenvalue weighted by molar-refractivity contribution is 6.01. The maximum Gasteiger partial charge on any atom is 0.326 e. The molecule has 1 aromatic carbocycles. The molecule has 0 bridgehead atoms. The Labute approximate surface area is 164 Å². The zero-order valence-electron chi connectivity index (χ0n) is 16.4. The molecule has 0 radical (unpaired) electrons. The zero-order chi connectivity index (χ0) is 20.5. The average Bonchev–Trinajstić information content (AvgIpc) is 2.92. The molecule has 4 amide bonds. The van der Waals surface area contributed by atoms with Crippen LogP contribution in [0.2, 0.25) is 0 Å². The minimum Gasteiger partial charge on any atom is -0.456 e. The fraction of sp³-hybridized carbons (Fsp3) is 0.500. The number of aryl methyl sites for hydroxylation is 1. The molecule has 0 saturated carbocycles. The summed E-state index contributed by atoms with van der Waals surface area (Å²) in [6.45, 7) is 1.98. The molecule has 0 spiro atoms. The van der Waals surface area contributed by atoms with Crippen molar-refractivity contribution in [2.45, 2.75) is 39.0 Å². The molecular formula is C20H27N3O5. The second-order valence-corrected chi connectivity index (χ2v) is 6.80. The summed E-state index contributed by atoms with van der Waals surface area (Å²) in [5, 5.41) is 2.68. The van der Waals surface area contributed by atoms with Gasteiger partial charge in [0, 0.05) is 25.7 Å². The number of urea groups is 1. The first kappa shape index (κ1) is 21.4. The Balaban J connectivity index is 1.64. The number of hydrogen-bond donors (Lipinski definition) is 1. The highest BCUT2D eigenvalue weighted by Crippen LogP contribution is 2.12. The van der Waals surface area contributed by atoms with Crippen LogP contribution in [0.5, 0.6) is 0 Å². The number of anilines is 1. The Hall–Kier alpha value is -2.90. The van der Waals surface area contributed by atoms with E-state index in [4.69, 9.17) is 4.74 Å². The number of imide groups is 1. The van der Waals surface area contributed by atoms with E-state index in [2.05, 4.69) is 12.2 Å². The first-order valence-corrected chi connectivity index (χ1v) is 9.50. The molecule has 28 heavy (non-hydrogen) atoms. The lowest BCUT2D eigenvalue weighted by Crippen LogP contribution is -2.32. The third-order valence-electron chi connectivity index (χ3n) is 4.41. The number of ether oxygens (including phenoxy) is 1. The summed E-state index contributed by atoms with van der Waals surface area (Å²) in [6, 6.07) is 7.22. The van der Waals surface area contributed by atoms with Crippen LogP contribution in [0.3, 0.4) is 0 Å². The average molecular weight is 389 g/mol. The third-order valence-corrected chi connectivity index (χ3v) is 4.41. The van der Waals surface area contributed by atoms with Gasteiger partial charge in [-0.15, -0.1) is 0 Å². The van der Waals surface area contributed by atoms with E-state index in [0.29, 0.717) is 12.1 Å². The molecule has 0 aliphatic carbocycles. The van der Waals surface area contributed by atoms with E-state index in [-0.39, 0.29) is 38.1 Å². The lowest BCUT2D eigenvalue weighted by Gasteiger charge is -2.13. The molecular weight excluding hydrogens is 362 g/mol. The minimum absolute atomic E-state index is 0.0280. The van der Waals surface area contributed by atoms with Crippen molar-refractivity contribution in [3.8, 4) is 0 Å². The predicted molar refractivity (Wildman–Crippen MR) is 104 cm³/mol. The first-order valence-electron chi connectivity index (χ1n) is 9.50. The molecule has 1 heterocycles. The van der Waals surface area contributed by atoms with Crippen LogP contribution >= 0.6 is 0 Å². The third kappa shape index (κ3) is 6.37. The van der Waals surface area contributed by atoms with Crippen LogP contribution in [0.4, 0.5) is 10.5 Å². The number of likely N-dealkylation sites (N-methyl/N-ethyl adjacent to an activating group) is 1. The maximum absolute atomic E-state index is 11.9. The number of carbonyl (C=O) groups is 4. The van der Waals surface area contributed by atoms with Gasteiger partial charge in [-0.3, -0.25) is 19.3 Å². The second-order valence-electron chi connectivity index (χ2n) is 6.80. The molecule has 8 heteroatoms. The van der Waals surface area contributed by atoms with Crippen molar-refractivity contribution >= 4 is 29.5 Å². The number of amides is 4. The Morgan fingerprint density at radius 3 is 2.46 bits per heavy atom. The topological polar surface area (TPSA) is 96.0 Å². The number of carbonyl (C=O) groups excluding carboxylic acids is 4. The molecule has 1 N–H and O–H groups in total. The monoisotopic (exact) mass is 389 g/mol. The number of nitrogens with zero attached hydrogens (tertiary/aromatic N) is 2. The zero-order valence-corrected chi connectivity index (χ0v) is 16.4. The molecule has 1 aliphatic heterocycles. The molecule has 8 nitrogen and oxygen atoms in total. The van der Waals surface area contributed by atoms with Gasteiger partial charge in [0.2, 0.25) is 5.91 Å². The van der Waals surface area contributed by atoms with Gasteiger partial charge in [0.05, 0.1) is 0 Å². The van der Waals surface area contributed by atoms with Gasteiger partial charge in [0.15, 0.2) is 6.61 Å². The van der Waals surface area contributed by atoms with E-state index in [0.717, 1.165) is 24.2 Å². The summed E-state index contributed by atoms with van der Waals surface area (Å²) in [7, 11) is 1.55. The lowest BCUT2D eigenvalue weighted by atomic mass is 10.1. The van der Waals surface area contributed by atoms with Crippen molar-refractivity contribution in [3.63, 3.8) is 0 Å². The van der Waals surface area contributed by atoms with Crippen LogP contribution in [-0.4, -0.2) is 60.4 Å². The fourth-order valence-electron chi connectivity index (χ4n) is 2.82. The molecule has 1 fully saturated rings. The predicted octanol–water partition coefficient (Wildman–Crippen LogP) is 2.19. The van der Waals surface area contributed by atoms with Crippen molar-refractivity contribution in [3.05, 3.63) is 29.8 Å². The number of rotatable bonds is 10. The number of nitrogens with one attached hydrogen (secondary N) is 1. The van der Waals surface area contributed by atoms with Crippen molar-refractivity contribution in [1.82, 2.24) is 9.80 Å². The molecule has 0 atom stereocenters. The van der Waals surface area contributed by atoms with E-state index < -0.39 is 11.9 Å². The van der Waals surface area contributed by atoms with Gasteiger partial charge in [0.1, 0.15) is 6.54 Å². The summed E-state index contributed by atoms with van der Waals surface area (Å²) in [6.07, 6.45) is 3.59. The van der Waals surface area contributed by atoms with Gasteiger partial charge in [-0.05, 0) is 37.0 Å². The van der Waals surface area contributed by atoms with Crippen LogP contribution in [-0.2, 0) is 25.5 Å². The van der Waals surface area contributed by atoms with Crippen LogP contribution in [0.25, 0.3) is 0 Å².